The van der Waals surface area contributed by atoms with Crippen LogP contribution in [0.25, 0.3) is 22.4 Å². The second-order valence-corrected chi connectivity index (χ2v) is 7.00. The van der Waals surface area contributed by atoms with Gasteiger partial charge in [-0.2, -0.15) is 10.2 Å². The molecule has 7 nitrogen and oxygen atoms in total. The van der Waals surface area contributed by atoms with Crippen molar-refractivity contribution < 1.29 is 0 Å². The molecule has 5 rings (SSSR count). The Balaban J connectivity index is 0.00000120. The Bertz CT molecular complexity index is 1040. The van der Waals surface area contributed by atoms with Crippen LogP contribution in [-0.4, -0.2) is 35.7 Å². The van der Waals surface area contributed by atoms with Crippen LogP contribution in [0.5, 0.6) is 0 Å². The molecule has 0 spiro atoms. The van der Waals surface area contributed by atoms with E-state index in [0.717, 1.165) is 57.1 Å². The molecule has 154 valence electrons. The van der Waals surface area contributed by atoms with Gasteiger partial charge in [0.25, 0.3) is 0 Å². The van der Waals surface area contributed by atoms with Crippen molar-refractivity contribution in [3.05, 3.63) is 54.6 Å². The second kappa shape index (κ2) is 9.43. The molecule has 4 aromatic rings. The molecule has 4 heterocycles. The summed E-state index contributed by atoms with van der Waals surface area (Å²) in [7, 11) is 0. The second-order valence-electron chi connectivity index (χ2n) is 7.00. The maximum atomic E-state index is 4.79. The number of hydrogen-bond acceptors (Lipinski definition) is 4. The van der Waals surface area contributed by atoms with Gasteiger partial charge in [-0.1, -0.05) is 18.2 Å². The van der Waals surface area contributed by atoms with Gasteiger partial charge in [-0.25, -0.2) is 4.98 Å². The largest absolute Gasteiger partial charge is 0.330 e. The number of benzene rings is 1. The van der Waals surface area contributed by atoms with Gasteiger partial charge in [0.1, 0.15) is 5.69 Å². The van der Waals surface area contributed by atoms with Gasteiger partial charge in [0.2, 0.25) is 0 Å². The lowest BCUT2D eigenvalue weighted by Gasteiger charge is -2.07. The number of nitrogens with one attached hydrogen (secondary N) is 1. The van der Waals surface area contributed by atoms with E-state index in [1.807, 2.05) is 24.7 Å². The van der Waals surface area contributed by atoms with Crippen molar-refractivity contribution in [2.45, 2.75) is 39.0 Å². The first-order valence-electron chi connectivity index (χ1n) is 9.58. The Hall–Kier alpha value is -2.35. The number of aryl methyl sites for hydroxylation is 3. The van der Waals surface area contributed by atoms with E-state index >= 15 is 0 Å². The van der Waals surface area contributed by atoms with Crippen LogP contribution in [0.15, 0.2) is 48.9 Å². The zero-order valence-corrected chi connectivity index (χ0v) is 17.7. The monoisotopic (exact) mass is 433 g/mol. The minimum Gasteiger partial charge on any atom is -0.330 e. The quantitative estimate of drug-likeness (QED) is 0.522. The third-order valence-corrected chi connectivity index (χ3v) is 5.16. The van der Waals surface area contributed by atoms with E-state index in [9.17, 15) is 0 Å². The summed E-state index contributed by atoms with van der Waals surface area (Å²) >= 11 is 0. The summed E-state index contributed by atoms with van der Waals surface area (Å²) in [5.41, 5.74) is 3.39. The van der Waals surface area contributed by atoms with Crippen LogP contribution in [-0.2, 0) is 26.2 Å². The van der Waals surface area contributed by atoms with Crippen LogP contribution in [0, 0.1) is 0 Å². The van der Waals surface area contributed by atoms with Crippen molar-refractivity contribution in [2.75, 3.05) is 6.54 Å². The van der Waals surface area contributed by atoms with Crippen LogP contribution >= 0.6 is 24.8 Å². The molecule has 0 bridgehead atoms. The highest BCUT2D eigenvalue weighted by molar-refractivity contribution is 5.85. The molecule has 3 aromatic heterocycles. The first-order chi connectivity index (χ1) is 13.4. The first kappa shape index (κ1) is 21.4. The Morgan fingerprint density at radius 1 is 1.10 bits per heavy atom. The zero-order chi connectivity index (χ0) is 18.1. The van der Waals surface area contributed by atoms with E-state index in [-0.39, 0.29) is 24.8 Å². The fraction of sp³-hybridized carbons (Fsp3) is 0.350. The number of rotatable bonds is 5. The maximum absolute atomic E-state index is 4.79. The molecule has 0 atom stereocenters. The van der Waals surface area contributed by atoms with Crippen molar-refractivity contribution >= 4 is 35.7 Å². The Kier molecular flexibility index (Phi) is 6.95. The summed E-state index contributed by atoms with van der Waals surface area (Å²) in [6.07, 6.45) is 7.94. The van der Waals surface area contributed by atoms with Gasteiger partial charge >= 0.3 is 0 Å². The molecule has 1 aliphatic heterocycles. The van der Waals surface area contributed by atoms with Gasteiger partial charge in [0.15, 0.2) is 5.82 Å². The lowest BCUT2D eigenvalue weighted by atomic mass is 10.2. The molecule has 0 radical (unpaired) electrons. The summed E-state index contributed by atoms with van der Waals surface area (Å²) < 4.78 is 6.39. The number of hydrogen-bond donors (Lipinski definition) is 1. The van der Waals surface area contributed by atoms with Crippen LogP contribution in [0.4, 0.5) is 0 Å². The molecular weight excluding hydrogens is 409 g/mol. The van der Waals surface area contributed by atoms with Crippen molar-refractivity contribution in [1.82, 2.24) is 34.4 Å². The van der Waals surface area contributed by atoms with Crippen molar-refractivity contribution in [1.29, 1.82) is 0 Å². The molecule has 0 fully saturated rings. The van der Waals surface area contributed by atoms with Crippen LogP contribution in [0.2, 0.25) is 0 Å². The molecule has 1 N–H and O–H groups in total. The smallest absolute Gasteiger partial charge is 0.160 e. The highest BCUT2D eigenvalue weighted by Crippen LogP contribution is 2.20. The minimum absolute atomic E-state index is 0. The average Bonchev–Trinajstić information content (AvgIpc) is 3.38. The van der Waals surface area contributed by atoms with Crippen molar-refractivity contribution in [2.24, 2.45) is 0 Å². The Labute approximate surface area is 181 Å². The lowest BCUT2D eigenvalue weighted by molar-refractivity contribution is 0.539. The van der Waals surface area contributed by atoms with Crippen molar-refractivity contribution in [3.8, 4) is 11.5 Å². The first-order valence-corrected chi connectivity index (χ1v) is 9.58. The molecule has 0 amide bonds. The molecule has 0 unspecified atom stereocenters. The molecule has 29 heavy (non-hydrogen) atoms. The standard InChI is InChI=1S/C20H23N7.2ClH/c1-2-6-19-16(5-1)14-23-27(19)11-4-9-25-12-8-22-20(25)18-13-17-15-21-7-3-10-26(17)24-18;;/h1-2,5-6,8,12-14,21H,3-4,7,9-11,15H2;2*1H. The average molecular weight is 434 g/mol. The van der Waals surface area contributed by atoms with E-state index in [4.69, 9.17) is 5.10 Å². The summed E-state index contributed by atoms with van der Waals surface area (Å²) in [5, 5.41) is 13.9. The SMILES string of the molecule is Cl.Cl.c1ccc2c(c1)cnn2CCCn1ccnc1-c1cc2n(n1)CCCNC2. The molecular formula is C20H25Cl2N7. The molecule has 1 aliphatic rings. The number of imidazole rings is 1. The van der Waals surface area contributed by atoms with Gasteiger partial charge in [-0.15, -0.1) is 24.8 Å². The zero-order valence-electron chi connectivity index (χ0n) is 16.1. The summed E-state index contributed by atoms with van der Waals surface area (Å²) in [5.74, 6) is 0.945. The number of fused-ring (bicyclic) bond motifs is 2. The predicted molar refractivity (Wildman–Crippen MR) is 119 cm³/mol. The third-order valence-electron chi connectivity index (χ3n) is 5.16. The molecule has 1 aromatic carbocycles. The molecule has 0 saturated carbocycles. The van der Waals surface area contributed by atoms with E-state index in [1.165, 1.54) is 16.6 Å². The van der Waals surface area contributed by atoms with Gasteiger partial charge < -0.3 is 9.88 Å². The van der Waals surface area contributed by atoms with Gasteiger partial charge in [0.05, 0.1) is 17.4 Å². The summed E-state index contributed by atoms with van der Waals surface area (Å²) in [6.45, 7) is 4.67. The number of para-hydroxylation sites is 1. The predicted octanol–water partition coefficient (Wildman–Crippen LogP) is 3.52. The lowest BCUT2D eigenvalue weighted by Crippen LogP contribution is -2.11. The summed E-state index contributed by atoms with van der Waals surface area (Å²) in [6, 6.07) is 10.5. The topological polar surface area (TPSA) is 65.5 Å². The Morgan fingerprint density at radius 3 is 2.93 bits per heavy atom. The fourth-order valence-corrected chi connectivity index (χ4v) is 3.79. The van der Waals surface area contributed by atoms with E-state index in [0.29, 0.717) is 0 Å². The third kappa shape index (κ3) is 4.32. The fourth-order valence-electron chi connectivity index (χ4n) is 3.79. The van der Waals surface area contributed by atoms with Gasteiger partial charge in [0, 0.05) is 44.0 Å². The number of halogens is 2. The van der Waals surface area contributed by atoms with Crippen LogP contribution in [0.1, 0.15) is 18.5 Å². The van der Waals surface area contributed by atoms with Gasteiger partial charge in [-0.05, 0) is 31.5 Å². The Morgan fingerprint density at radius 2 is 2.00 bits per heavy atom. The van der Waals surface area contributed by atoms with E-state index < -0.39 is 0 Å². The molecule has 0 aliphatic carbocycles. The van der Waals surface area contributed by atoms with E-state index in [1.54, 1.807) is 0 Å². The van der Waals surface area contributed by atoms with Crippen LogP contribution in [0.3, 0.4) is 0 Å². The van der Waals surface area contributed by atoms with E-state index in [2.05, 4.69) is 53.6 Å². The summed E-state index contributed by atoms with van der Waals surface area (Å²) in [4.78, 5) is 4.56. The highest BCUT2D eigenvalue weighted by Gasteiger charge is 2.15. The molecule has 0 saturated heterocycles. The number of nitrogens with zero attached hydrogens (tertiary/aromatic N) is 6. The van der Waals surface area contributed by atoms with Crippen LogP contribution < -0.4 is 5.32 Å². The molecule has 9 heteroatoms. The van der Waals surface area contributed by atoms with Crippen molar-refractivity contribution in [3.63, 3.8) is 0 Å². The van der Waals surface area contributed by atoms with Gasteiger partial charge in [-0.3, -0.25) is 9.36 Å². The highest BCUT2D eigenvalue weighted by atomic mass is 35.5. The normalized spacial score (nSPS) is 13.4. The maximum Gasteiger partial charge on any atom is 0.160 e. The number of aromatic nitrogens is 6. The minimum atomic E-state index is 0.